The lowest BCUT2D eigenvalue weighted by Crippen LogP contribution is -2.60. The number of carboxylic acid groups (broad SMARTS) is 1. The molecule has 92 valence electrons. The average molecular weight is 229 g/mol. The second kappa shape index (κ2) is 4.65. The lowest BCUT2D eigenvalue weighted by Gasteiger charge is -2.30. The molecule has 0 aromatic rings. The molecular weight excluding hydrogens is 210 g/mol. The van der Waals surface area contributed by atoms with Crippen molar-refractivity contribution in [3.05, 3.63) is 12.7 Å². The second-order valence-corrected chi connectivity index (χ2v) is 4.70. The maximum Gasteiger partial charge on any atom is 0.338 e. The topological polar surface area (TPSA) is 89.6 Å². The van der Waals surface area contributed by atoms with Crippen LogP contribution in [0.25, 0.3) is 0 Å². The van der Waals surface area contributed by atoms with Crippen LogP contribution >= 0.6 is 0 Å². The van der Waals surface area contributed by atoms with E-state index >= 15 is 0 Å². The van der Waals surface area contributed by atoms with E-state index in [4.69, 9.17) is 15.6 Å². The Balaban J connectivity index is 5.15. The van der Waals surface area contributed by atoms with Crippen molar-refractivity contribution in [1.82, 2.24) is 0 Å². The van der Waals surface area contributed by atoms with Crippen LogP contribution in [0.15, 0.2) is 12.7 Å². The standard InChI is InChI=1S/C11H19NO4/c1-6-7(2)11(12,8(13)14)9(15)16-10(3,4)5/h6-7H,1,12H2,2-5H3,(H,13,14). The van der Waals surface area contributed by atoms with Crippen molar-refractivity contribution in [1.29, 1.82) is 0 Å². The molecule has 0 heterocycles. The van der Waals surface area contributed by atoms with Crippen molar-refractivity contribution >= 4 is 11.9 Å². The number of carbonyl (C=O) groups excluding carboxylic acids is 1. The van der Waals surface area contributed by atoms with Gasteiger partial charge < -0.3 is 15.6 Å². The zero-order chi connectivity index (χ0) is 13.1. The number of hydrogen-bond acceptors (Lipinski definition) is 4. The molecule has 2 unspecified atom stereocenters. The molecule has 0 spiro atoms. The Bertz CT molecular complexity index is 306. The molecule has 0 radical (unpaired) electrons. The van der Waals surface area contributed by atoms with E-state index in [1.165, 1.54) is 13.0 Å². The van der Waals surface area contributed by atoms with E-state index in [0.29, 0.717) is 0 Å². The lowest BCUT2D eigenvalue weighted by atomic mass is 9.86. The summed E-state index contributed by atoms with van der Waals surface area (Å²) in [5.74, 6) is -3.10. The third-order valence-corrected chi connectivity index (χ3v) is 2.16. The number of rotatable bonds is 4. The molecular formula is C11H19NO4. The molecule has 0 saturated carbocycles. The second-order valence-electron chi connectivity index (χ2n) is 4.70. The highest BCUT2D eigenvalue weighted by molar-refractivity contribution is 6.04. The molecule has 0 aliphatic heterocycles. The summed E-state index contributed by atoms with van der Waals surface area (Å²) in [6.07, 6.45) is 1.32. The van der Waals surface area contributed by atoms with Gasteiger partial charge in [0.1, 0.15) is 5.60 Å². The van der Waals surface area contributed by atoms with Crippen LogP contribution in [0.1, 0.15) is 27.7 Å². The van der Waals surface area contributed by atoms with Gasteiger partial charge in [0.15, 0.2) is 0 Å². The van der Waals surface area contributed by atoms with Crippen LogP contribution in [0.2, 0.25) is 0 Å². The van der Waals surface area contributed by atoms with Crippen LogP contribution in [0.3, 0.4) is 0 Å². The minimum absolute atomic E-state index is 0.722. The van der Waals surface area contributed by atoms with Crippen LogP contribution in [-0.4, -0.2) is 28.2 Å². The van der Waals surface area contributed by atoms with Crippen LogP contribution in [0.5, 0.6) is 0 Å². The molecule has 5 nitrogen and oxygen atoms in total. The maximum absolute atomic E-state index is 11.7. The summed E-state index contributed by atoms with van der Waals surface area (Å²) in [6.45, 7) is 9.88. The summed E-state index contributed by atoms with van der Waals surface area (Å²) < 4.78 is 4.99. The van der Waals surface area contributed by atoms with E-state index in [0.717, 1.165) is 0 Å². The van der Waals surface area contributed by atoms with Crippen LogP contribution < -0.4 is 5.73 Å². The average Bonchev–Trinajstić information content (AvgIpc) is 2.11. The van der Waals surface area contributed by atoms with Gasteiger partial charge in [-0.15, -0.1) is 6.58 Å². The highest BCUT2D eigenvalue weighted by Gasteiger charge is 2.48. The third kappa shape index (κ3) is 3.06. The van der Waals surface area contributed by atoms with Crippen molar-refractivity contribution in [2.45, 2.75) is 38.8 Å². The predicted molar refractivity (Wildman–Crippen MR) is 59.8 cm³/mol. The Labute approximate surface area is 95.3 Å². The number of aliphatic carboxylic acids is 1. The molecule has 2 atom stereocenters. The van der Waals surface area contributed by atoms with Gasteiger partial charge in [0, 0.05) is 5.92 Å². The molecule has 0 aliphatic rings. The SMILES string of the molecule is C=CC(C)C(N)(C(=O)O)C(=O)OC(C)(C)C. The Morgan fingerprint density at radius 3 is 2.12 bits per heavy atom. The zero-order valence-electron chi connectivity index (χ0n) is 10.1. The molecule has 0 rings (SSSR count). The predicted octanol–water partition coefficient (Wildman–Crippen LogP) is 0.932. The summed E-state index contributed by atoms with van der Waals surface area (Å²) in [7, 11) is 0. The Kier molecular flexibility index (Phi) is 4.26. The lowest BCUT2D eigenvalue weighted by molar-refractivity contribution is -0.170. The van der Waals surface area contributed by atoms with Gasteiger partial charge in [-0.25, -0.2) is 9.59 Å². The molecule has 0 aromatic carbocycles. The van der Waals surface area contributed by atoms with Gasteiger partial charge in [-0.1, -0.05) is 13.0 Å². The Hall–Kier alpha value is -1.36. The first-order valence-corrected chi connectivity index (χ1v) is 4.94. The van der Waals surface area contributed by atoms with E-state index in [1.54, 1.807) is 20.8 Å². The summed E-state index contributed by atoms with van der Waals surface area (Å²) in [4.78, 5) is 22.8. The van der Waals surface area contributed by atoms with Crippen molar-refractivity contribution in [2.75, 3.05) is 0 Å². The first kappa shape index (κ1) is 14.6. The minimum Gasteiger partial charge on any atom is -0.479 e. The minimum atomic E-state index is -2.09. The van der Waals surface area contributed by atoms with Crippen molar-refractivity contribution in [3.8, 4) is 0 Å². The fraction of sp³-hybridized carbons (Fsp3) is 0.636. The number of hydrogen-bond donors (Lipinski definition) is 2. The molecule has 3 N–H and O–H groups in total. The van der Waals surface area contributed by atoms with Crippen LogP contribution in [0, 0.1) is 5.92 Å². The van der Waals surface area contributed by atoms with E-state index in [2.05, 4.69) is 6.58 Å². The molecule has 0 aliphatic carbocycles. The summed E-state index contributed by atoms with van der Waals surface area (Å²) >= 11 is 0. The van der Waals surface area contributed by atoms with Gasteiger partial charge in [0.05, 0.1) is 0 Å². The maximum atomic E-state index is 11.7. The molecule has 0 amide bonds. The van der Waals surface area contributed by atoms with E-state index in [9.17, 15) is 9.59 Å². The fourth-order valence-electron chi connectivity index (χ4n) is 1.02. The monoisotopic (exact) mass is 229 g/mol. The molecule has 0 saturated heterocycles. The van der Waals surface area contributed by atoms with Gasteiger partial charge in [-0.3, -0.25) is 0 Å². The van der Waals surface area contributed by atoms with Gasteiger partial charge >= 0.3 is 11.9 Å². The first-order valence-electron chi connectivity index (χ1n) is 4.94. The van der Waals surface area contributed by atoms with Crippen molar-refractivity contribution in [2.24, 2.45) is 11.7 Å². The number of ether oxygens (including phenoxy) is 1. The summed E-state index contributed by atoms with van der Waals surface area (Å²) in [6, 6.07) is 0. The van der Waals surface area contributed by atoms with Gasteiger partial charge in [-0.05, 0) is 20.8 Å². The molecule has 0 bridgehead atoms. The zero-order valence-corrected chi connectivity index (χ0v) is 10.1. The number of carbonyl (C=O) groups is 2. The quantitative estimate of drug-likeness (QED) is 0.425. The van der Waals surface area contributed by atoms with E-state index < -0.39 is 29.0 Å². The van der Waals surface area contributed by atoms with Crippen LogP contribution in [-0.2, 0) is 14.3 Å². The Morgan fingerprint density at radius 2 is 1.88 bits per heavy atom. The Morgan fingerprint density at radius 1 is 1.44 bits per heavy atom. The largest absolute Gasteiger partial charge is 0.479 e. The molecule has 16 heavy (non-hydrogen) atoms. The summed E-state index contributed by atoms with van der Waals surface area (Å²) in [5, 5.41) is 9.03. The highest BCUT2D eigenvalue weighted by atomic mass is 16.6. The first-order chi connectivity index (χ1) is 7.05. The van der Waals surface area contributed by atoms with Gasteiger partial charge in [-0.2, -0.15) is 0 Å². The number of carboxylic acids is 1. The fourth-order valence-corrected chi connectivity index (χ4v) is 1.02. The number of nitrogens with two attached hydrogens (primary N) is 1. The molecule has 0 fully saturated rings. The van der Waals surface area contributed by atoms with Crippen molar-refractivity contribution < 1.29 is 19.4 Å². The van der Waals surface area contributed by atoms with Crippen molar-refractivity contribution in [3.63, 3.8) is 0 Å². The van der Waals surface area contributed by atoms with Crippen LogP contribution in [0.4, 0.5) is 0 Å². The molecule has 0 aromatic heterocycles. The third-order valence-electron chi connectivity index (χ3n) is 2.16. The molecule has 5 heteroatoms. The normalized spacial score (nSPS) is 17.1. The van der Waals surface area contributed by atoms with E-state index in [1.807, 2.05) is 0 Å². The van der Waals surface area contributed by atoms with Gasteiger partial charge in [0.25, 0.3) is 0 Å². The summed E-state index contributed by atoms with van der Waals surface area (Å²) in [5.41, 5.74) is 2.73. The smallest absolute Gasteiger partial charge is 0.338 e. The highest BCUT2D eigenvalue weighted by Crippen LogP contribution is 2.21. The van der Waals surface area contributed by atoms with Gasteiger partial charge in [0.2, 0.25) is 5.54 Å². The number of esters is 1. The van der Waals surface area contributed by atoms with E-state index in [-0.39, 0.29) is 0 Å².